The molecule has 1 aromatic heterocycles. The molecule has 1 unspecified atom stereocenters. The molecule has 0 saturated carbocycles. The van der Waals surface area contributed by atoms with E-state index in [0.717, 1.165) is 22.8 Å². The highest BCUT2D eigenvalue weighted by Gasteiger charge is 2.39. The number of carbonyl (C=O) groups excluding carboxylic acids is 1. The minimum atomic E-state index is -4.20. The molecule has 0 bridgehead atoms. The highest BCUT2D eigenvalue weighted by molar-refractivity contribution is 7.52. The summed E-state index contributed by atoms with van der Waals surface area (Å²) < 4.78 is 49.8. The van der Waals surface area contributed by atoms with Crippen LogP contribution in [0.3, 0.4) is 0 Å². The maximum absolute atomic E-state index is 13.5. The van der Waals surface area contributed by atoms with E-state index in [1.54, 1.807) is 13.8 Å². The van der Waals surface area contributed by atoms with Crippen LogP contribution in [0.2, 0.25) is 0 Å². The van der Waals surface area contributed by atoms with Gasteiger partial charge in [-0.05, 0) is 51.5 Å². The molecule has 192 valence electrons. The first kappa shape index (κ1) is 27.1. The highest BCUT2D eigenvalue weighted by Crippen LogP contribution is 2.46. The second-order valence-electron chi connectivity index (χ2n) is 8.09. The summed E-state index contributed by atoms with van der Waals surface area (Å²) in [6, 6.07) is 4.82. The van der Waals surface area contributed by atoms with Gasteiger partial charge in [-0.2, -0.15) is 5.09 Å². The fraction of sp³-hybridized carbons (Fsp3) is 0.476. The molecule has 35 heavy (non-hydrogen) atoms. The van der Waals surface area contributed by atoms with Crippen LogP contribution in [0.4, 0.5) is 4.39 Å². The molecule has 1 aliphatic rings. The minimum Gasteiger partial charge on any atom is -0.462 e. The zero-order valence-corrected chi connectivity index (χ0v) is 20.8. The lowest BCUT2D eigenvalue weighted by atomic mass is 10.2. The molecule has 1 saturated heterocycles. The predicted octanol–water partition coefficient (Wildman–Crippen LogP) is 2.70. The smallest absolute Gasteiger partial charge is 0.459 e. The van der Waals surface area contributed by atoms with Crippen molar-refractivity contribution in [2.24, 2.45) is 0 Å². The number of alkyl halides is 1. The normalized spacial score (nSPS) is 22.5. The number of ether oxygens (including phenoxy) is 2. The molecular weight excluding hydrogens is 508 g/mol. The fourth-order valence-corrected chi connectivity index (χ4v) is 5.11. The number of aromatic nitrogens is 2. The number of hydrogen-bond acceptors (Lipinski definition) is 8. The van der Waals surface area contributed by atoms with Gasteiger partial charge < -0.3 is 14.0 Å². The Morgan fingerprint density at radius 2 is 1.97 bits per heavy atom. The van der Waals surface area contributed by atoms with Gasteiger partial charge in [0.2, 0.25) is 0 Å². The molecule has 3 rings (SSSR count). The predicted molar refractivity (Wildman–Crippen MR) is 124 cm³/mol. The number of nitrogens with one attached hydrogen (secondary N) is 2. The van der Waals surface area contributed by atoms with Crippen molar-refractivity contribution in [1.82, 2.24) is 14.6 Å². The van der Waals surface area contributed by atoms with Gasteiger partial charge in [-0.3, -0.25) is 23.7 Å². The number of rotatable bonds is 10. The number of aromatic amines is 1. The molecule has 2 N–H and O–H groups in total. The van der Waals surface area contributed by atoms with Crippen LogP contribution in [0, 0.1) is 5.82 Å². The summed E-state index contributed by atoms with van der Waals surface area (Å²) >= 11 is 6.34. The molecule has 1 aliphatic heterocycles. The van der Waals surface area contributed by atoms with Crippen LogP contribution in [0.1, 0.15) is 33.4 Å². The van der Waals surface area contributed by atoms with Gasteiger partial charge in [-0.1, -0.05) is 0 Å². The van der Waals surface area contributed by atoms with Gasteiger partial charge in [-0.15, -0.1) is 11.6 Å². The lowest BCUT2D eigenvalue weighted by Crippen LogP contribution is -2.36. The average Bonchev–Trinajstić information content (AvgIpc) is 3.14. The quantitative estimate of drug-likeness (QED) is 0.268. The molecular formula is C21H26ClFN3O8P. The average molecular weight is 534 g/mol. The second-order valence-corrected chi connectivity index (χ2v) is 10.3. The van der Waals surface area contributed by atoms with Crippen molar-refractivity contribution >= 4 is 25.3 Å². The number of esters is 1. The van der Waals surface area contributed by atoms with E-state index in [9.17, 15) is 23.3 Å². The highest BCUT2D eigenvalue weighted by atomic mass is 35.5. The molecule has 0 radical (unpaired) electrons. The van der Waals surface area contributed by atoms with Crippen LogP contribution in [0.5, 0.6) is 5.75 Å². The maximum Gasteiger partial charge on any atom is 0.459 e. The van der Waals surface area contributed by atoms with Gasteiger partial charge in [0.1, 0.15) is 17.6 Å². The molecule has 11 nitrogen and oxygen atoms in total. The van der Waals surface area contributed by atoms with Crippen LogP contribution < -0.4 is 20.9 Å². The second kappa shape index (κ2) is 11.5. The lowest BCUT2D eigenvalue weighted by Gasteiger charge is -2.24. The van der Waals surface area contributed by atoms with E-state index in [-0.39, 0.29) is 18.8 Å². The van der Waals surface area contributed by atoms with Crippen LogP contribution in [-0.4, -0.2) is 45.8 Å². The lowest BCUT2D eigenvalue weighted by molar-refractivity contribution is -0.149. The standard InChI is InChI=1S/C21H26ClFN3O8P/c1-12(2)32-20(28)13(3)25-35(30,34-15-6-4-14(23)5-7-15)31-11-16-10-17(22)19(33-16)26-9-8-18(27)24-21(26)29/h4-9,12-13,16-17,19H,10-11H2,1-3H3,(H,25,30)(H,24,27,29)/t13-,16-,17-,19+,35?/m0/s1. The first-order valence-electron chi connectivity index (χ1n) is 10.7. The van der Waals surface area contributed by atoms with Gasteiger partial charge in [0, 0.05) is 12.3 Å². The van der Waals surface area contributed by atoms with Gasteiger partial charge in [0.25, 0.3) is 5.56 Å². The van der Waals surface area contributed by atoms with E-state index in [4.69, 9.17) is 30.1 Å². The summed E-state index contributed by atoms with van der Waals surface area (Å²) in [5.41, 5.74) is -1.26. The van der Waals surface area contributed by atoms with Gasteiger partial charge in [-0.25, -0.2) is 13.8 Å². The topological polar surface area (TPSA) is 138 Å². The molecule has 1 fully saturated rings. The Balaban J connectivity index is 1.72. The number of nitrogens with zero attached hydrogens (tertiary/aromatic N) is 1. The van der Waals surface area contributed by atoms with Crippen molar-refractivity contribution in [3.05, 3.63) is 63.2 Å². The Kier molecular flexibility index (Phi) is 8.89. The Morgan fingerprint density at radius 3 is 2.60 bits per heavy atom. The zero-order chi connectivity index (χ0) is 25.8. The van der Waals surface area contributed by atoms with Crippen molar-refractivity contribution in [3.8, 4) is 5.75 Å². The zero-order valence-electron chi connectivity index (χ0n) is 19.2. The van der Waals surface area contributed by atoms with E-state index in [1.165, 1.54) is 25.3 Å². The summed E-state index contributed by atoms with van der Waals surface area (Å²) in [5.74, 6) is -1.17. The van der Waals surface area contributed by atoms with Gasteiger partial charge in [0.15, 0.2) is 6.23 Å². The van der Waals surface area contributed by atoms with Crippen molar-refractivity contribution < 1.29 is 32.3 Å². The molecule has 2 aromatic rings. The van der Waals surface area contributed by atoms with Gasteiger partial charge in [0.05, 0.1) is 24.2 Å². The summed E-state index contributed by atoms with van der Waals surface area (Å²) in [6.45, 7) is 4.48. The minimum absolute atomic E-state index is 0.0342. The number of carbonyl (C=O) groups is 1. The first-order chi connectivity index (χ1) is 16.5. The van der Waals surface area contributed by atoms with Crippen molar-refractivity contribution in [3.63, 3.8) is 0 Å². The summed E-state index contributed by atoms with van der Waals surface area (Å²) in [4.78, 5) is 37.7. The molecule has 1 aromatic carbocycles. The third-order valence-electron chi connectivity index (χ3n) is 4.78. The monoisotopic (exact) mass is 533 g/mol. The van der Waals surface area contributed by atoms with Crippen LogP contribution in [-0.2, 0) is 23.4 Å². The molecule has 0 spiro atoms. The third-order valence-corrected chi connectivity index (χ3v) is 6.82. The third kappa shape index (κ3) is 7.49. The van der Waals surface area contributed by atoms with Crippen molar-refractivity contribution in [2.45, 2.75) is 57.0 Å². The summed E-state index contributed by atoms with van der Waals surface area (Å²) in [7, 11) is -4.20. The van der Waals surface area contributed by atoms with Crippen molar-refractivity contribution in [1.29, 1.82) is 0 Å². The SMILES string of the molecule is CC(C)OC(=O)[C@H](C)NP(=O)(OC[C@@H]1C[C@H](Cl)[C@H](n2ccc(=O)[nH]c2=O)O1)Oc1ccc(F)cc1. The molecule has 14 heteroatoms. The van der Waals surface area contributed by atoms with E-state index in [1.807, 2.05) is 0 Å². The van der Waals surface area contributed by atoms with Crippen LogP contribution in [0.25, 0.3) is 0 Å². The van der Waals surface area contributed by atoms with Crippen molar-refractivity contribution in [2.75, 3.05) is 6.61 Å². The number of benzene rings is 1. The summed E-state index contributed by atoms with van der Waals surface area (Å²) in [5, 5.41) is 1.86. The molecule has 0 aliphatic carbocycles. The Bertz CT molecular complexity index is 1190. The van der Waals surface area contributed by atoms with Crippen LogP contribution in [0.15, 0.2) is 46.1 Å². The number of hydrogen-bond donors (Lipinski definition) is 2. The van der Waals surface area contributed by atoms with Gasteiger partial charge >= 0.3 is 19.4 Å². The Morgan fingerprint density at radius 1 is 1.29 bits per heavy atom. The first-order valence-corrected chi connectivity index (χ1v) is 12.7. The Labute approximate surface area is 205 Å². The number of H-pyrrole nitrogens is 1. The largest absolute Gasteiger partial charge is 0.462 e. The van der Waals surface area contributed by atoms with E-state index in [0.29, 0.717) is 0 Å². The Hall–Kier alpha value is -2.50. The maximum atomic E-state index is 13.5. The molecule has 0 amide bonds. The molecule has 5 atom stereocenters. The molecule has 2 heterocycles. The van der Waals surface area contributed by atoms with Crippen LogP contribution >= 0.6 is 19.3 Å². The van der Waals surface area contributed by atoms with E-state index in [2.05, 4.69) is 10.1 Å². The fourth-order valence-electron chi connectivity index (χ4n) is 3.21. The summed E-state index contributed by atoms with van der Waals surface area (Å²) in [6.07, 6.45) is -0.521. The number of halogens is 2. The van der Waals surface area contributed by atoms with E-state index < -0.39 is 60.6 Å². The van der Waals surface area contributed by atoms with E-state index >= 15 is 0 Å².